The van der Waals surface area contributed by atoms with Crippen molar-refractivity contribution in [3.05, 3.63) is 29.8 Å². The van der Waals surface area contributed by atoms with Crippen molar-refractivity contribution in [2.24, 2.45) is 0 Å². The number of alkyl halides is 1. The molecule has 0 spiro atoms. The van der Waals surface area contributed by atoms with Gasteiger partial charge in [0.1, 0.15) is 0 Å². The van der Waals surface area contributed by atoms with Gasteiger partial charge < -0.3 is 4.74 Å². The van der Waals surface area contributed by atoms with Gasteiger partial charge in [-0.1, -0.05) is 29.3 Å². The third-order valence-corrected chi connectivity index (χ3v) is 2.34. The van der Waals surface area contributed by atoms with E-state index in [0.29, 0.717) is 0 Å². The Labute approximate surface area is 92.6 Å². The monoisotopic (exact) mass is 230 g/mol. The number of halogens is 1. The molecule has 0 aliphatic rings. The van der Waals surface area contributed by atoms with Crippen LogP contribution in [0.25, 0.3) is 0 Å². The third kappa shape index (κ3) is 4.03. The zero-order chi connectivity index (χ0) is 10.6. The van der Waals surface area contributed by atoms with Gasteiger partial charge in [-0.25, -0.2) is 4.79 Å². The van der Waals surface area contributed by atoms with Crippen molar-refractivity contribution in [2.75, 3.05) is 0 Å². The van der Waals surface area contributed by atoms with E-state index in [2.05, 4.69) is 0 Å². The van der Waals surface area contributed by atoms with Crippen LogP contribution >= 0.6 is 23.4 Å². The minimum atomic E-state index is -0.583. The summed E-state index contributed by atoms with van der Waals surface area (Å²) in [6.45, 7) is 3.60. The molecular weight excluding hydrogens is 220 g/mol. The van der Waals surface area contributed by atoms with Gasteiger partial charge in [-0.2, -0.15) is 0 Å². The maximum Gasteiger partial charge on any atom is 0.373 e. The average molecular weight is 231 g/mol. The highest BCUT2D eigenvalue weighted by atomic mass is 35.5. The Balaban J connectivity index is 2.52. The molecule has 0 radical (unpaired) electrons. The Kier molecular flexibility index (Phi) is 4.29. The SMILES string of the molecule is Cc1ccc(SC(=O)OC(C)Cl)cc1. The molecule has 4 heteroatoms. The van der Waals surface area contributed by atoms with Crippen LogP contribution in [-0.2, 0) is 4.74 Å². The van der Waals surface area contributed by atoms with E-state index in [9.17, 15) is 4.79 Å². The lowest BCUT2D eigenvalue weighted by Gasteiger charge is -2.05. The van der Waals surface area contributed by atoms with E-state index < -0.39 is 5.56 Å². The molecule has 0 saturated heterocycles. The fourth-order valence-electron chi connectivity index (χ4n) is 0.859. The Morgan fingerprint density at radius 2 is 2.00 bits per heavy atom. The Hall–Kier alpha value is -0.670. The van der Waals surface area contributed by atoms with Crippen molar-refractivity contribution in [2.45, 2.75) is 24.3 Å². The molecule has 1 aromatic rings. The number of ether oxygens (including phenoxy) is 1. The number of hydrogen-bond acceptors (Lipinski definition) is 3. The highest BCUT2D eigenvalue weighted by Crippen LogP contribution is 2.21. The van der Waals surface area contributed by atoms with Crippen LogP contribution < -0.4 is 0 Å². The first-order chi connectivity index (χ1) is 6.58. The Morgan fingerprint density at radius 3 is 2.50 bits per heavy atom. The van der Waals surface area contributed by atoms with E-state index in [-0.39, 0.29) is 5.30 Å². The van der Waals surface area contributed by atoms with Crippen LogP contribution in [-0.4, -0.2) is 10.9 Å². The summed E-state index contributed by atoms with van der Waals surface area (Å²) in [4.78, 5) is 12.0. The van der Waals surface area contributed by atoms with Crippen LogP contribution in [0.2, 0.25) is 0 Å². The second-order valence-corrected chi connectivity index (χ2v) is 4.45. The molecule has 0 aliphatic carbocycles. The number of hydrogen-bond donors (Lipinski definition) is 0. The van der Waals surface area contributed by atoms with Crippen LogP contribution in [0.5, 0.6) is 0 Å². The van der Waals surface area contributed by atoms with Gasteiger partial charge in [0.05, 0.1) is 0 Å². The molecule has 0 saturated carbocycles. The van der Waals surface area contributed by atoms with E-state index >= 15 is 0 Å². The van der Waals surface area contributed by atoms with Crippen molar-refractivity contribution >= 4 is 28.7 Å². The molecule has 0 aromatic heterocycles. The van der Waals surface area contributed by atoms with Crippen molar-refractivity contribution in [1.82, 2.24) is 0 Å². The fourth-order valence-corrected chi connectivity index (χ4v) is 1.65. The van der Waals surface area contributed by atoms with E-state index in [1.165, 1.54) is 0 Å². The summed E-state index contributed by atoms with van der Waals surface area (Å²) in [5.41, 5.74) is 0.578. The molecule has 0 amide bonds. The summed E-state index contributed by atoms with van der Waals surface area (Å²) >= 11 is 6.54. The molecule has 1 aromatic carbocycles. The molecule has 0 heterocycles. The van der Waals surface area contributed by atoms with Crippen LogP contribution in [0.4, 0.5) is 4.79 Å². The smallest absolute Gasteiger partial charge is 0.373 e. The van der Waals surface area contributed by atoms with E-state index in [4.69, 9.17) is 16.3 Å². The van der Waals surface area contributed by atoms with Gasteiger partial charge >= 0.3 is 5.30 Å². The lowest BCUT2D eigenvalue weighted by Crippen LogP contribution is -2.03. The van der Waals surface area contributed by atoms with Gasteiger partial charge in [0.15, 0.2) is 5.56 Å². The minimum Gasteiger partial charge on any atom is -0.438 e. The number of aryl methyl sites for hydroxylation is 1. The second-order valence-electron chi connectivity index (χ2n) is 2.83. The molecule has 0 aliphatic heterocycles. The molecule has 0 bridgehead atoms. The minimum absolute atomic E-state index is 0.378. The quantitative estimate of drug-likeness (QED) is 0.439. The summed E-state index contributed by atoms with van der Waals surface area (Å²) in [7, 11) is 0. The molecule has 14 heavy (non-hydrogen) atoms. The van der Waals surface area contributed by atoms with Crippen molar-refractivity contribution in [3.63, 3.8) is 0 Å². The van der Waals surface area contributed by atoms with E-state index in [0.717, 1.165) is 22.2 Å². The highest BCUT2D eigenvalue weighted by molar-refractivity contribution is 8.13. The molecule has 76 valence electrons. The van der Waals surface area contributed by atoms with Crippen LogP contribution in [0, 0.1) is 6.92 Å². The van der Waals surface area contributed by atoms with Crippen molar-refractivity contribution in [1.29, 1.82) is 0 Å². The summed E-state index contributed by atoms with van der Waals surface area (Å²) in [6.07, 6.45) is 0. The predicted octanol–water partition coefficient (Wildman–Crippen LogP) is 3.81. The van der Waals surface area contributed by atoms with Crippen LogP contribution in [0.15, 0.2) is 29.2 Å². The predicted molar refractivity (Wildman–Crippen MR) is 58.8 cm³/mol. The second kappa shape index (κ2) is 5.27. The standard InChI is InChI=1S/C10H11ClO2S/c1-7-3-5-9(6-4-7)14-10(12)13-8(2)11/h3-6,8H,1-2H3. The van der Waals surface area contributed by atoms with Crippen LogP contribution in [0.3, 0.4) is 0 Å². The van der Waals surface area contributed by atoms with Gasteiger partial charge in [-0.15, -0.1) is 0 Å². The molecule has 1 unspecified atom stereocenters. The van der Waals surface area contributed by atoms with Crippen molar-refractivity contribution in [3.8, 4) is 0 Å². The zero-order valence-corrected chi connectivity index (χ0v) is 9.56. The van der Waals surface area contributed by atoms with Gasteiger partial charge in [-0.05, 0) is 37.7 Å². The van der Waals surface area contributed by atoms with Gasteiger partial charge in [0.2, 0.25) is 0 Å². The third-order valence-electron chi connectivity index (χ3n) is 1.48. The first-order valence-corrected chi connectivity index (χ1v) is 5.42. The lowest BCUT2D eigenvalue weighted by molar-refractivity contribution is 0.168. The first kappa shape index (κ1) is 11.4. The number of rotatable bonds is 2. The fraction of sp³-hybridized carbons (Fsp3) is 0.300. The van der Waals surface area contributed by atoms with E-state index in [1.54, 1.807) is 6.92 Å². The molecule has 2 nitrogen and oxygen atoms in total. The number of carbonyl (C=O) groups is 1. The summed E-state index contributed by atoms with van der Waals surface area (Å²) < 4.78 is 4.77. The Morgan fingerprint density at radius 1 is 1.43 bits per heavy atom. The van der Waals surface area contributed by atoms with Gasteiger partial charge in [0.25, 0.3) is 0 Å². The largest absolute Gasteiger partial charge is 0.438 e. The molecular formula is C10H11ClO2S. The van der Waals surface area contributed by atoms with Gasteiger partial charge in [0, 0.05) is 4.90 Å². The number of benzene rings is 1. The van der Waals surface area contributed by atoms with E-state index in [1.807, 2.05) is 31.2 Å². The highest BCUT2D eigenvalue weighted by Gasteiger charge is 2.08. The summed E-state index contributed by atoms with van der Waals surface area (Å²) in [5, 5.41) is -0.378. The number of carbonyl (C=O) groups excluding carboxylic acids is 1. The zero-order valence-electron chi connectivity index (χ0n) is 7.99. The van der Waals surface area contributed by atoms with Crippen molar-refractivity contribution < 1.29 is 9.53 Å². The summed E-state index contributed by atoms with van der Waals surface area (Å²) in [6, 6.07) is 7.64. The molecule has 1 rings (SSSR count). The van der Waals surface area contributed by atoms with Gasteiger partial charge in [-0.3, -0.25) is 0 Å². The molecule has 0 N–H and O–H groups in total. The Bertz CT molecular complexity index is 308. The average Bonchev–Trinajstić information content (AvgIpc) is 2.07. The van der Waals surface area contributed by atoms with Crippen LogP contribution in [0.1, 0.15) is 12.5 Å². The first-order valence-electron chi connectivity index (χ1n) is 4.17. The maximum absolute atomic E-state index is 11.2. The maximum atomic E-state index is 11.2. The summed E-state index contributed by atoms with van der Waals surface area (Å²) in [5.74, 6) is 0. The topological polar surface area (TPSA) is 26.3 Å². The normalized spacial score (nSPS) is 12.2. The number of thioether (sulfide) groups is 1. The lowest BCUT2D eigenvalue weighted by atomic mass is 10.2. The molecule has 1 atom stereocenters. The molecule has 0 fully saturated rings.